The fraction of sp³-hybridized carbons (Fsp3) is 0.286. The maximum Gasteiger partial charge on any atom is 0.407 e. The zero-order valence-corrected chi connectivity index (χ0v) is 9.22. The summed E-state index contributed by atoms with van der Waals surface area (Å²) in [4.78, 5) is 20.0. The van der Waals surface area contributed by atoms with Crippen LogP contribution in [0.15, 0.2) is 0 Å². The Hall–Kier alpha value is -1.12. The topological polar surface area (TPSA) is 92.3 Å². The van der Waals surface area contributed by atoms with Crippen LogP contribution in [0.3, 0.4) is 0 Å². The average Bonchev–Trinajstić information content (AvgIpc) is 2.47. The van der Waals surface area contributed by atoms with Gasteiger partial charge in [-0.05, 0) is 22.6 Å². The standard InChI is InChI=1S/C7H7IN4O2/c8-5-3-1-12(7(13)14)2-4(3)10-6(9)11-5/h1-2H2,(H,13,14)(H2,9,10,11). The van der Waals surface area contributed by atoms with E-state index < -0.39 is 6.09 Å². The molecule has 1 aliphatic heterocycles. The maximum absolute atomic E-state index is 10.7. The number of rotatable bonds is 0. The van der Waals surface area contributed by atoms with Gasteiger partial charge in [0.15, 0.2) is 0 Å². The highest BCUT2D eigenvalue weighted by atomic mass is 127. The summed E-state index contributed by atoms with van der Waals surface area (Å²) >= 11 is 2.03. The van der Waals surface area contributed by atoms with Crippen molar-refractivity contribution >= 4 is 34.6 Å². The fourth-order valence-electron chi connectivity index (χ4n) is 1.37. The summed E-state index contributed by atoms with van der Waals surface area (Å²) in [7, 11) is 0. The molecule has 2 heterocycles. The molecule has 3 N–H and O–H groups in total. The van der Waals surface area contributed by atoms with Gasteiger partial charge in [0, 0.05) is 5.56 Å². The van der Waals surface area contributed by atoms with E-state index in [1.54, 1.807) is 0 Å². The van der Waals surface area contributed by atoms with E-state index in [1.807, 2.05) is 22.6 Å². The van der Waals surface area contributed by atoms with Crippen molar-refractivity contribution in [2.45, 2.75) is 13.1 Å². The molecule has 1 aliphatic rings. The molecule has 2 rings (SSSR count). The molecule has 0 saturated heterocycles. The summed E-state index contributed by atoms with van der Waals surface area (Å²) < 4.78 is 0.730. The van der Waals surface area contributed by atoms with Gasteiger partial charge in [-0.1, -0.05) is 0 Å². The highest BCUT2D eigenvalue weighted by Gasteiger charge is 2.26. The van der Waals surface area contributed by atoms with Gasteiger partial charge < -0.3 is 10.8 Å². The van der Waals surface area contributed by atoms with Crippen LogP contribution in [0.4, 0.5) is 10.7 Å². The Morgan fingerprint density at radius 1 is 1.50 bits per heavy atom. The van der Waals surface area contributed by atoms with Crippen LogP contribution in [-0.4, -0.2) is 26.1 Å². The Bertz CT molecular complexity index is 409. The minimum absolute atomic E-state index is 0.195. The van der Waals surface area contributed by atoms with Crippen molar-refractivity contribution in [3.8, 4) is 0 Å². The van der Waals surface area contributed by atoms with Gasteiger partial charge in [-0.3, -0.25) is 4.90 Å². The normalized spacial score (nSPS) is 14.2. The number of nitrogen functional groups attached to an aromatic ring is 1. The third-order valence-electron chi connectivity index (χ3n) is 2.02. The number of carbonyl (C=O) groups is 1. The summed E-state index contributed by atoms with van der Waals surface area (Å²) in [5.41, 5.74) is 7.04. The Morgan fingerprint density at radius 3 is 2.86 bits per heavy atom. The van der Waals surface area contributed by atoms with Gasteiger partial charge >= 0.3 is 6.09 Å². The van der Waals surface area contributed by atoms with Crippen molar-refractivity contribution in [2.24, 2.45) is 0 Å². The summed E-state index contributed by atoms with van der Waals surface area (Å²) in [6.07, 6.45) is -0.947. The highest BCUT2D eigenvalue weighted by molar-refractivity contribution is 14.1. The van der Waals surface area contributed by atoms with E-state index in [4.69, 9.17) is 10.8 Å². The van der Waals surface area contributed by atoms with Gasteiger partial charge in [0.05, 0.1) is 18.8 Å². The van der Waals surface area contributed by atoms with Crippen LogP contribution in [-0.2, 0) is 13.1 Å². The quantitative estimate of drug-likeness (QED) is 0.542. The molecule has 7 heteroatoms. The number of carboxylic acid groups (broad SMARTS) is 1. The van der Waals surface area contributed by atoms with Crippen molar-refractivity contribution < 1.29 is 9.90 Å². The average molecular weight is 306 g/mol. The lowest BCUT2D eigenvalue weighted by Crippen LogP contribution is -2.22. The molecule has 1 aromatic rings. The predicted molar refractivity (Wildman–Crippen MR) is 56.4 cm³/mol. The minimum Gasteiger partial charge on any atom is -0.465 e. The van der Waals surface area contributed by atoms with Crippen LogP contribution >= 0.6 is 22.6 Å². The third kappa shape index (κ3) is 1.47. The molecule has 0 radical (unpaired) electrons. The van der Waals surface area contributed by atoms with Crippen LogP contribution < -0.4 is 5.73 Å². The molecule has 1 aromatic heterocycles. The molecule has 0 saturated carbocycles. The number of anilines is 1. The first-order valence-electron chi connectivity index (χ1n) is 3.86. The third-order valence-corrected chi connectivity index (χ3v) is 2.91. The van der Waals surface area contributed by atoms with Gasteiger partial charge in [0.2, 0.25) is 5.95 Å². The number of aromatic nitrogens is 2. The van der Waals surface area contributed by atoms with Crippen LogP contribution in [0.25, 0.3) is 0 Å². The molecule has 74 valence electrons. The van der Waals surface area contributed by atoms with Crippen molar-refractivity contribution in [1.29, 1.82) is 0 Å². The van der Waals surface area contributed by atoms with Crippen LogP contribution in [0.2, 0.25) is 0 Å². The van der Waals surface area contributed by atoms with Crippen molar-refractivity contribution in [3.63, 3.8) is 0 Å². The summed E-state index contributed by atoms with van der Waals surface area (Å²) in [6, 6.07) is 0. The van der Waals surface area contributed by atoms with Crippen LogP contribution in [0.1, 0.15) is 11.3 Å². The SMILES string of the molecule is Nc1nc(I)c2c(n1)CN(C(=O)O)C2. The van der Waals surface area contributed by atoms with E-state index in [1.165, 1.54) is 4.90 Å². The first kappa shape index (κ1) is 9.44. The lowest BCUT2D eigenvalue weighted by molar-refractivity contribution is 0.145. The largest absolute Gasteiger partial charge is 0.465 e. The Labute approximate surface area is 93.3 Å². The van der Waals surface area contributed by atoms with Gasteiger partial charge in [0.1, 0.15) is 3.70 Å². The van der Waals surface area contributed by atoms with E-state index in [0.717, 1.165) is 9.26 Å². The molecule has 0 atom stereocenters. The number of fused-ring (bicyclic) bond motifs is 1. The summed E-state index contributed by atoms with van der Waals surface area (Å²) in [5.74, 6) is 0.195. The van der Waals surface area contributed by atoms with Crippen molar-refractivity contribution in [1.82, 2.24) is 14.9 Å². The number of nitrogens with zero attached hydrogens (tertiary/aromatic N) is 3. The molecular formula is C7H7IN4O2. The first-order chi connectivity index (χ1) is 6.58. The molecule has 0 unspecified atom stereocenters. The first-order valence-corrected chi connectivity index (χ1v) is 4.94. The van der Waals surface area contributed by atoms with Gasteiger partial charge in [0.25, 0.3) is 0 Å². The van der Waals surface area contributed by atoms with E-state index in [9.17, 15) is 4.79 Å². The maximum atomic E-state index is 10.7. The number of hydrogen-bond donors (Lipinski definition) is 2. The molecule has 14 heavy (non-hydrogen) atoms. The van der Waals surface area contributed by atoms with Crippen LogP contribution in [0, 0.1) is 3.70 Å². The lowest BCUT2D eigenvalue weighted by atomic mass is 10.3. The number of nitrogens with two attached hydrogens (primary N) is 1. The fourth-order valence-corrected chi connectivity index (χ4v) is 2.10. The predicted octanol–water partition coefficient (Wildman–Crippen LogP) is 0.657. The van der Waals surface area contributed by atoms with E-state index in [-0.39, 0.29) is 5.95 Å². The smallest absolute Gasteiger partial charge is 0.407 e. The van der Waals surface area contributed by atoms with Gasteiger partial charge in [-0.2, -0.15) is 0 Å². The van der Waals surface area contributed by atoms with E-state index in [2.05, 4.69) is 9.97 Å². The lowest BCUT2D eigenvalue weighted by Gasteiger charge is -2.08. The second-order valence-corrected chi connectivity index (χ2v) is 3.96. The van der Waals surface area contributed by atoms with Crippen molar-refractivity contribution in [3.05, 3.63) is 15.0 Å². The number of hydrogen-bond acceptors (Lipinski definition) is 4. The molecule has 1 amide bonds. The summed E-state index contributed by atoms with van der Waals surface area (Å²) in [5, 5.41) is 8.79. The van der Waals surface area contributed by atoms with Crippen LogP contribution in [0.5, 0.6) is 0 Å². The molecule has 6 nitrogen and oxygen atoms in total. The molecule has 0 aliphatic carbocycles. The van der Waals surface area contributed by atoms with E-state index >= 15 is 0 Å². The van der Waals surface area contributed by atoms with E-state index in [0.29, 0.717) is 18.8 Å². The van der Waals surface area contributed by atoms with Gasteiger partial charge in [-0.25, -0.2) is 14.8 Å². The number of halogens is 1. The highest BCUT2D eigenvalue weighted by Crippen LogP contribution is 2.24. The molecule has 0 spiro atoms. The molecular weight excluding hydrogens is 299 g/mol. The second kappa shape index (κ2) is 3.23. The summed E-state index contributed by atoms with van der Waals surface area (Å²) in [6.45, 7) is 0.649. The molecule has 0 bridgehead atoms. The van der Waals surface area contributed by atoms with Crippen molar-refractivity contribution in [2.75, 3.05) is 5.73 Å². The Balaban J connectivity index is 2.39. The minimum atomic E-state index is -0.947. The molecule has 0 aromatic carbocycles. The zero-order valence-electron chi connectivity index (χ0n) is 7.07. The second-order valence-electron chi connectivity index (χ2n) is 2.94. The number of amides is 1. The Morgan fingerprint density at radius 2 is 2.21 bits per heavy atom. The Kier molecular flexibility index (Phi) is 2.17. The van der Waals surface area contributed by atoms with Gasteiger partial charge in [-0.15, -0.1) is 0 Å². The monoisotopic (exact) mass is 306 g/mol. The molecule has 0 fully saturated rings. The zero-order chi connectivity index (χ0) is 10.3.